The Labute approximate surface area is 146 Å². The highest BCUT2D eigenvalue weighted by Gasteiger charge is 2.55. The van der Waals surface area contributed by atoms with E-state index in [0.29, 0.717) is 23.2 Å². The molecule has 0 radical (unpaired) electrons. The molecule has 4 atom stereocenters. The van der Waals surface area contributed by atoms with Crippen LogP contribution in [-0.2, 0) is 0 Å². The highest BCUT2D eigenvalue weighted by molar-refractivity contribution is 5.08. The van der Waals surface area contributed by atoms with Gasteiger partial charge in [-0.3, -0.25) is 10.0 Å². The molecule has 132 valence electrons. The average Bonchev–Trinajstić information content (AvgIpc) is 2.46. The molecule has 4 nitrogen and oxygen atoms in total. The van der Waals surface area contributed by atoms with Gasteiger partial charge in [-0.1, -0.05) is 10.4 Å². The van der Waals surface area contributed by atoms with Crippen molar-refractivity contribution in [3.05, 3.63) is 0 Å². The average molecular weight is 329 g/mol. The van der Waals surface area contributed by atoms with E-state index >= 15 is 0 Å². The van der Waals surface area contributed by atoms with E-state index in [1.54, 1.807) is 0 Å². The fourth-order valence-electron chi connectivity index (χ4n) is 8.48. The molecule has 4 saturated carbocycles. The van der Waals surface area contributed by atoms with Gasteiger partial charge in [-0.2, -0.15) is 0 Å². The zero-order valence-corrected chi connectivity index (χ0v) is 15.3. The summed E-state index contributed by atoms with van der Waals surface area (Å²) in [5.41, 5.74) is 0.596. The van der Waals surface area contributed by atoms with E-state index in [4.69, 9.17) is 10.4 Å². The van der Waals surface area contributed by atoms with Gasteiger partial charge in [-0.05, 0) is 102 Å². The van der Waals surface area contributed by atoms with Crippen LogP contribution in [0.5, 0.6) is 0 Å². The molecule has 8 fully saturated rings. The van der Waals surface area contributed by atoms with Gasteiger partial charge in [0.1, 0.15) is 0 Å². The van der Waals surface area contributed by atoms with Crippen LogP contribution in [0.1, 0.15) is 78.1 Å². The molecule has 4 heteroatoms. The third kappa shape index (κ3) is 1.86. The molecule has 4 unspecified atom stereocenters. The lowest BCUT2D eigenvalue weighted by Gasteiger charge is -2.62. The number of hydrogen-bond acceptors (Lipinski definition) is 2. The fourth-order valence-corrected chi connectivity index (χ4v) is 8.48. The van der Waals surface area contributed by atoms with Gasteiger partial charge in [0.15, 0.2) is 0 Å². The lowest BCUT2D eigenvalue weighted by Crippen LogP contribution is -2.64. The first-order chi connectivity index (χ1) is 11.5. The first-order valence-corrected chi connectivity index (χ1v) is 10.5. The molecule has 8 aliphatic rings. The Kier molecular flexibility index (Phi) is 2.68. The van der Waals surface area contributed by atoms with Crippen molar-refractivity contribution in [2.24, 2.45) is 34.1 Å². The SMILES string of the molecule is CC12CC3CC(CC(C3)N1N=NN1C3CC4CC(C3)CC1(C)C4)C2. The molecule has 0 aromatic heterocycles. The van der Waals surface area contributed by atoms with Crippen LogP contribution in [0.4, 0.5) is 0 Å². The summed E-state index contributed by atoms with van der Waals surface area (Å²) in [4.78, 5) is 0. The van der Waals surface area contributed by atoms with Gasteiger partial charge in [0.05, 0.1) is 11.1 Å². The van der Waals surface area contributed by atoms with Gasteiger partial charge >= 0.3 is 0 Å². The van der Waals surface area contributed by atoms with Crippen molar-refractivity contribution in [3.8, 4) is 0 Å². The minimum Gasteiger partial charge on any atom is -0.268 e. The lowest BCUT2D eigenvalue weighted by molar-refractivity contribution is -0.144. The molecule has 0 aromatic rings. The van der Waals surface area contributed by atoms with E-state index in [2.05, 4.69) is 23.9 Å². The van der Waals surface area contributed by atoms with Gasteiger partial charge in [0.2, 0.25) is 0 Å². The predicted molar refractivity (Wildman–Crippen MR) is 93.1 cm³/mol. The monoisotopic (exact) mass is 328 g/mol. The Morgan fingerprint density at radius 3 is 1.21 bits per heavy atom. The molecular formula is C20H32N4. The second-order valence-electron chi connectivity index (χ2n) is 10.9. The zero-order chi connectivity index (χ0) is 16.1. The van der Waals surface area contributed by atoms with Crippen molar-refractivity contribution in [2.75, 3.05) is 0 Å². The third-order valence-corrected chi connectivity index (χ3v) is 8.70. The van der Waals surface area contributed by atoms with Gasteiger partial charge in [0.25, 0.3) is 0 Å². The Bertz CT molecular complexity index is 508. The van der Waals surface area contributed by atoms with Crippen molar-refractivity contribution in [3.63, 3.8) is 0 Å². The molecule has 0 spiro atoms. The molecule has 8 rings (SSSR count). The lowest BCUT2D eigenvalue weighted by atomic mass is 9.59. The van der Waals surface area contributed by atoms with E-state index in [-0.39, 0.29) is 0 Å². The number of rotatable bonds is 2. The summed E-state index contributed by atoms with van der Waals surface area (Å²) in [6, 6.07) is 1.35. The quantitative estimate of drug-likeness (QED) is 0.695. The zero-order valence-electron chi connectivity index (χ0n) is 15.3. The Hall–Kier alpha value is -0.800. The van der Waals surface area contributed by atoms with Gasteiger partial charge in [0, 0.05) is 12.1 Å². The smallest absolute Gasteiger partial charge is 0.0577 e. The molecule has 4 aliphatic heterocycles. The maximum Gasteiger partial charge on any atom is 0.0577 e. The van der Waals surface area contributed by atoms with Crippen LogP contribution in [0.25, 0.3) is 0 Å². The third-order valence-electron chi connectivity index (χ3n) is 8.70. The van der Waals surface area contributed by atoms with Crippen LogP contribution in [0.3, 0.4) is 0 Å². The molecule has 4 heterocycles. The van der Waals surface area contributed by atoms with Gasteiger partial charge < -0.3 is 0 Å². The number of nitrogens with zero attached hydrogens (tertiary/aromatic N) is 4. The summed E-state index contributed by atoms with van der Waals surface area (Å²) < 4.78 is 0. The second-order valence-corrected chi connectivity index (χ2v) is 10.9. The fraction of sp³-hybridized carbons (Fsp3) is 1.00. The first kappa shape index (κ1) is 14.4. The molecule has 4 saturated heterocycles. The maximum absolute atomic E-state index is 4.97. The van der Waals surface area contributed by atoms with E-state index in [1.165, 1.54) is 64.2 Å². The first-order valence-electron chi connectivity index (χ1n) is 10.5. The number of piperidine rings is 4. The van der Waals surface area contributed by atoms with E-state index in [9.17, 15) is 0 Å². The van der Waals surface area contributed by atoms with Crippen LogP contribution in [0, 0.1) is 23.7 Å². The van der Waals surface area contributed by atoms with E-state index in [0.717, 1.165) is 23.7 Å². The summed E-state index contributed by atoms with van der Waals surface area (Å²) in [7, 11) is 0. The van der Waals surface area contributed by atoms with Crippen LogP contribution >= 0.6 is 0 Å². The highest BCUT2D eigenvalue weighted by atomic mass is 15.7. The normalized spacial score (nSPS) is 57.6. The molecule has 0 N–H and O–H groups in total. The van der Waals surface area contributed by atoms with Crippen LogP contribution < -0.4 is 0 Å². The minimum absolute atomic E-state index is 0.298. The molecular weight excluding hydrogens is 296 g/mol. The number of hydrogen-bond donors (Lipinski definition) is 0. The maximum atomic E-state index is 4.97. The largest absolute Gasteiger partial charge is 0.268 e. The van der Waals surface area contributed by atoms with Crippen LogP contribution in [0.2, 0.25) is 0 Å². The van der Waals surface area contributed by atoms with E-state index in [1.807, 2.05) is 0 Å². The summed E-state index contributed by atoms with van der Waals surface area (Å²) in [5, 5.41) is 14.9. The van der Waals surface area contributed by atoms with Crippen molar-refractivity contribution in [1.82, 2.24) is 10.0 Å². The second kappa shape index (κ2) is 4.48. The van der Waals surface area contributed by atoms with Gasteiger partial charge in [-0.15, -0.1) is 0 Å². The standard InChI is InChI=1S/C20H32N4/c1-19-9-13-3-14(10-19)6-17(5-13)23(19)21-22-24-18-7-15-4-16(8-18)12-20(24,2)11-15/h13-18H,3-12H2,1-2H3. The molecule has 0 aromatic carbocycles. The Morgan fingerprint density at radius 2 is 0.917 bits per heavy atom. The van der Waals surface area contributed by atoms with Crippen molar-refractivity contribution in [1.29, 1.82) is 0 Å². The molecule has 4 aliphatic carbocycles. The summed E-state index contributed by atoms with van der Waals surface area (Å²) in [6.45, 7) is 4.93. The topological polar surface area (TPSA) is 31.2 Å². The van der Waals surface area contributed by atoms with E-state index < -0.39 is 0 Å². The predicted octanol–water partition coefficient (Wildman–Crippen LogP) is 4.57. The molecule has 8 bridgehead atoms. The van der Waals surface area contributed by atoms with Crippen molar-refractivity contribution < 1.29 is 0 Å². The van der Waals surface area contributed by atoms with Crippen molar-refractivity contribution >= 4 is 0 Å². The van der Waals surface area contributed by atoms with Gasteiger partial charge in [-0.25, -0.2) is 0 Å². The summed E-state index contributed by atoms with van der Waals surface area (Å²) >= 11 is 0. The summed E-state index contributed by atoms with van der Waals surface area (Å²) in [5.74, 6) is 3.88. The van der Waals surface area contributed by atoms with Crippen molar-refractivity contribution in [2.45, 2.75) is 101 Å². The molecule has 24 heavy (non-hydrogen) atoms. The Balaban J connectivity index is 1.28. The Morgan fingerprint density at radius 1 is 0.583 bits per heavy atom. The minimum atomic E-state index is 0.298. The van der Waals surface area contributed by atoms with Crippen LogP contribution in [-0.4, -0.2) is 33.2 Å². The molecule has 0 amide bonds. The highest BCUT2D eigenvalue weighted by Crippen LogP contribution is 2.56. The van der Waals surface area contributed by atoms with Crippen LogP contribution in [0.15, 0.2) is 10.4 Å². The summed E-state index contributed by atoms with van der Waals surface area (Å²) in [6.07, 6.45) is 13.9.